The lowest BCUT2D eigenvalue weighted by Gasteiger charge is -2.09. The van der Waals surface area contributed by atoms with Crippen LogP contribution in [-0.4, -0.2) is 21.2 Å². The van der Waals surface area contributed by atoms with Crippen molar-refractivity contribution >= 4 is 27.7 Å². The summed E-state index contributed by atoms with van der Waals surface area (Å²) in [4.78, 5) is 5.36. The third kappa shape index (κ3) is 3.13. The van der Waals surface area contributed by atoms with Crippen LogP contribution in [0.4, 0.5) is 0 Å². The second kappa shape index (κ2) is 5.42. The van der Waals surface area contributed by atoms with E-state index in [1.54, 1.807) is 11.8 Å². The van der Waals surface area contributed by atoms with Gasteiger partial charge in [0.1, 0.15) is 6.33 Å². The molecule has 1 fully saturated rings. The van der Waals surface area contributed by atoms with Crippen LogP contribution in [-0.2, 0) is 6.54 Å². The Labute approximate surface area is 118 Å². The zero-order valence-corrected chi connectivity index (χ0v) is 12.1. The summed E-state index contributed by atoms with van der Waals surface area (Å²) < 4.78 is 1.11. The number of H-pyrrole nitrogens is 1. The van der Waals surface area contributed by atoms with Crippen LogP contribution in [0.2, 0.25) is 0 Å². The molecule has 1 aliphatic rings. The van der Waals surface area contributed by atoms with Gasteiger partial charge in [-0.15, -0.1) is 0 Å². The Morgan fingerprint density at radius 3 is 3.06 bits per heavy atom. The molecule has 0 saturated heterocycles. The Balaban J connectivity index is 1.77. The van der Waals surface area contributed by atoms with Crippen molar-refractivity contribution in [2.24, 2.45) is 0 Å². The number of hydrogen-bond acceptors (Lipinski definition) is 4. The first-order valence-corrected chi connectivity index (χ1v) is 7.47. The third-order valence-electron chi connectivity index (χ3n) is 2.78. The fraction of sp³-hybridized carbons (Fsp3) is 0.333. The zero-order chi connectivity index (χ0) is 12.4. The molecule has 0 atom stereocenters. The molecule has 1 saturated carbocycles. The summed E-state index contributed by atoms with van der Waals surface area (Å²) >= 11 is 5.14. The average molecular weight is 325 g/mol. The van der Waals surface area contributed by atoms with Crippen molar-refractivity contribution in [1.29, 1.82) is 0 Å². The van der Waals surface area contributed by atoms with E-state index in [4.69, 9.17) is 0 Å². The number of rotatable bonds is 5. The van der Waals surface area contributed by atoms with E-state index in [1.165, 1.54) is 29.6 Å². The van der Waals surface area contributed by atoms with Crippen LogP contribution < -0.4 is 5.32 Å². The number of halogens is 1. The van der Waals surface area contributed by atoms with E-state index in [-0.39, 0.29) is 0 Å². The molecule has 0 unspecified atom stereocenters. The van der Waals surface area contributed by atoms with Crippen LogP contribution in [0.3, 0.4) is 0 Å². The normalized spacial score (nSPS) is 14.9. The number of nitrogens with zero attached hydrogens (tertiary/aromatic N) is 2. The molecule has 18 heavy (non-hydrogen) atoms. The van der Waals surface area contributed by atoms with Gasteiger partial charge in [-0.3, -0.25) is 5.10 Å². The molecule has 0 bridgehead atoms. The Hall–Kier alpha value is -0.850. The lowest BCUT2D eigenvalue weighted by molar-refractivity contribution is 0.680. The number of nitrogens with one attached hydrogen (secondary N) is 2. The number of benzene rings is 1. The summed E-state index contributed by atoms with van der Waals surface area (Å²) in [5.41, 5.74) is 1.29. The van der Waals surface area contributed by atoms with Gasteiger partial charge < -0.3 is 5.32 Å². The van der Waals surface area contributed by atoms with Crippen molar-refractivity contribution in [2.75, 3.05) is 0 Å². The van der Waals surface area contributed by atoms with Gasteiger partial charge in [0.2, 0.25) is 0 Å². The van der Waals surface area contributed by atoms with Crippen molar-refractivity contribution in [2.45, 2.75) is 35.5 Å². The van der Waals surface area contributed by atoms with E-state index in [0.717, 1.165) is 16.2 Å². The van der Waals surface area contributed by atoms with Crippen LogP contribution in [0.15, 0.2) is 39.1 Å². The van der Waals surface area contributed by atoms with Crippen molar-refractivity contribution < 1.29 is 0 Å². The Kier molecular flexibility index (Phi) is 3.67. The second-order valence-electron chi connectivity index (χ2n) is 4.30. The SMILES string of the molecule is Brc1ccc(Sc2ncn[nH]2)c(CNC2CC2)c1. The Bertz CT molecular complexity index is 525. The summed E-state index contributed by atoms with van der Waals surface area (Å²) in [6.45, 7) is 0.903. The molecule has 0 radical (unpaired) electrons. The first kappa shape index (κ1) is 12.2. The minimum absolute atomic E-state index is 0.715. The van der Waals surface area contributed by atoms with Gasteiger partial charge >= 0.3 is 0 Å². The third-order valence-corrected chi connectivity index (χ3v) is 4.28. The summed E-state index contributed by atoms with van der Waals surface area (Å²) in [6.07, 6.45) is 4.14. The van der Waals surface area contributed by atoms with E-state index in [9.17, 15) is 0 Å². The van der Waals surface area contributed by atoms with Crippen molar-refractivity contribution in [3.8, 4) is 0 Å². The van der Waals surface area contributed by atoms with Gasteiger partial charge in [0, 0.05) is 22.0 Å². The Morgan fingerprint density at radius 2 is 2.33 bits per heavy atom. The van der Waals surface area contributed by atoms with Gasteiger partial charge in [-0.25, -0.2) is 4.98 Å². The van der Waals surface area contributed by atoms with Gasteiger partial charge in [0.25, 0.3) is 0 Å². The minimum atomic E-state index is 0.715. The highest BCUT2D eigenvalue weighted by molar-refractivity contribution is 9.10. The van der Waals surface area contributed by atoms with Crippen molar-refractivity contribution in [1.82, 2.24) is 20.5 Å². The van der Waals surface area contributed by atoms with Gasteiger partial charge in [0.05, 0.1) is 0 Å². The predicted octanol–water partition coefficient (Wildman–Crippen LogP) is 2.97. The van der Waals surface area contributed by atoms with Crippen molar-refractivity contribution in [3.05, 3.63) is 34.6 Å². The molecule has 4 nitrogen and oxygen atoms in total. The minimum Gasteiger partial charge on any atom is -0.310 e. The topological polar surface area (TPSA) is 53.6 Å². The predicted molar refractivity (Wildman–Crippen MR) is 74.5 cm³/mol. The van der Waals surface area contributed by atoms with E-state index in [0.29, 0.717) is 6.04 Å². The molecule has 6 heteroatoms. The highest BCUT2D eigenvalue weighted by Gasteiger charge is 2.20. The van der Waals surface area contributed by atoms with Crippen LogP contribution in [0.25, 0.3) is 0 Å². The highest BCUT2D eigenvalue weighted by Crippen LogP contribution is 2.30. The molecule has 1 aromatic carbocycles. The molecule has 3 rings (SSSR count). The number of aromatic nitrogens is 3. The maximum atomic E-state index is 4.15. The first-order chi connectivity index (χ1) is 8.81. The molecule has 2 N–H and O–H groups in total. The monoisotopic (exact) mass is 324 g/mol. The molecule has 1 aromatic heterocycles. The van der Waals surface area contributed by atoms with Crippen LogP contribution in [0, 0.1) is 0 Å². The number of hydrogen-bond donors (Lipinski definition) is 2. The van der Waals surface area contributed by atoms with E-state index in [1.807, 2.05) is 0 Å². The first-order valence-electron chi connectivity index (χ1n) is 5.86. The average Bonchev–Trinajstić information content (AvgIpc) is 3.06. The van der Waals surface area contributed by atoms with Gasteiger partial charge in [0.15, 0.2) is 5.16 Å². The fourth-order valence-corrected chi connectivity index (χ4v) is 2.89. The molecule has 1 aliphatic carbocycles. The molecule has 0 amide bonds. The lowest BCUT2D eigenvalue weighted by atomic mass is 10.2. The zero-order valence-electron chi connectivity index (χ0n) is 9.69. The standard InChI is InChI=1S/C12H13BrN4S/c13-9-1-4-11(18-12-15-7-16-17-12)8(5-9)6-14-10-2-3-10/h1,4-5,7,10,14H,2-3,6H2,(H,15,16,17). The van der Waals surface area contributed by atoms with E-state index in [2.05, 4.69) is 54.6 Å². The highest BCUT2D eigenvalue weighted by atomic mass is 79.9. The van der Waals surface area contributed by atoms with Crippen LogP contribution >= 0.6 is 27.7 Å². The molecule has 1 heterocycles. The largest absolute Gasteiger partial charge is 0.310 e. The van der Waals surface area contributed by atoms with Crippen LogP contribution in [0.1, 0.15) is 18.4 Å². The molecule has 0 aliphatic heterocycles. The molecule has 0 spiro atoms. The quantitative estimate of drug-likeness (QED) is 0.887. The molecular formula is C12H13BrN4S. The summed E-state index contributed by atoms with van der Waals surface area (Å²) in [6, 6.07) is 7.04. The summed E-state index contributed by atoms with van der Waals surface area (Å²) in [7, 11) is 0. The molecule has 2 aromatic rings. The van der Waals surface area contributed by atoms with Gasteiger partial charge in [-0.1, -0.05) is 27.7 Å². The Morgan fingerprint density at radius 1 is 1.44 bits per heavy atom. The summed E-state index contributed by atoms with van der Waals surface area (Å²) in [5.74, 6) is 0. The van der Waals surface area contributed by atoms with Gasteiger partial charge in [-0.05, 0) is 36.6 Å². The second-order valence-corrected chi connectivity index (χ2v) is 6.25. The molecular weight excluding hydrogens is 312 g/mol. The molecule has 94 valence electrons. The van der Waals surface area contributed by atoms with Crippen LogP contribution in [0.5, 0.6) is 0 Å². The smallest absolute Gasteiger partial charge is 0.188 e. The van der Waals surface area contributed by atoms with Crippen molar-refractivity contribution in [3.63, 3.8) is 0 Å². The van der Waals surface area contributed by atoms with E-state index < -0.39 is 0 Å². The maximum absolute atomic E-state index is 4.15. The summed E-state index contributed by atoms with van der Waals surface area (Å²) in [5, 5.41) is 11.1. The maximum Gasteiger partial charge on any atom is 0.188 e. The van der Waals surface area contributed by atoms with E-state index >= 15 is 0 Å². The number of aromatic amines is 1. The van der Waals surface area contributed by atoms with Gasteiger partial charge in [-0.2, -0.15) is 5.10 Å². The fourth-order valence-electron chi connectivity index (χ4n) is 1.68. The lowest BCUT2D eigenvalue weighted by Crippen LogP contribution is -2.15.